The summed E-state index contributed by atoms with van der Waals surface area (Å²) in [6, 6.07) is 7.24. The van der Waals surface area contributed by atoms with Gasteiger partial charge in [0.05, 0.1) is 43.2 Å². The van der Waals surface area contributed by atoms with Crippen LogP contribution in [-0.2, 0) is 16.2 Å². The monoisotopic (exact) mass is 339 g/mol. The molecule has 1 N–H and O–H groups in total. The van der Waals surface area contributed by atoms with Crippen LogP contribution in [0, 0.1) is 0 Å². The van der Waals surface area contributed by atoms with E-state index in [2.05, 4.69) is 15.3 Å². The Balaban J connectivity index is 1.65. The Morgan fingerprint density at radius 2 is 2.24 bits per heavy atom. The summed E-state index contributed by atoms with van der Waals surface area (Å²) < 4.78 is 0. The Hall–Kier alpha value is -3.00. The van der Waals surface area contributed by atoms with Crippen LogP contribution in [0.15, 0.2) is 36.7 Å². The molecule has 2 amide bonds. The normalized spacial score (nSPS) is 16.6. The molecule has 1 fully saturated rings. The Morgan fingerprint density at radius 3 is 3.00 bits per heavy atom. The van der Waals surface area contributed by atoms with E-state index >= 15 is 0 Å². The molecule has 2 aromatic rings. The number of amides is 2. The second-order valence-corrected chi connectivity index (χ2v) is 5.84. The van der Waals surface area contributed by atoms with E-state index < -0.39 is 0 Å². The van der Waals surface area contributed by atoms with Crippen molar-refractivity contribution in [1.29, 1.82) is 0 Å². The van der Waals surface area contributed by atoms with Crippen LogP contribution in [0.2, 0.25) is 0 Å². The number of aromatic nitrogens is 2. The number of rotatable bonds is 3. The van der Waals surface area contributed by atoms with Gasteiger partial charge >= 0.3 is 0 Å². The van der Waals surface area contributed by atoms with Crippen molar-refractivity contribution >= 4 is 23.3 Å². The minimum atomic E-state index is -0.247. The first-order valence-electron chi connectivity index (χ1n) is 8.11. The Labute approximate surface area is 144 Å². The largest absolute Gasteiger partial charge is 0.359 e. The molecular weight excluding hydrogens is 322 g/mol. The van der Waals surface area contributed by atoms with E-state index in [9.17, 15) is 9.59 Å². The standard InChI is InChI=1S/C17H17N5O3/c23-15-10-20-16-14(21(15)11-13-4-1-2-5-18-13)8-12(9-19-16)17(24)22-6-3-7-25-22/h1-2,4-5,8-9H,3,6-7,10-11H2,(H,19,20). The number of hydrogen-bond acceptors (Lipinski definition) is 6. The molecule has 0 atom stereocenters. The van der Waals surface area contributed by atoms with Crippen LogP contribution in [0.1, 0.15) is 22.5 Å². The summed E-state index contributed by atoms with van der Waals surface area (Å²) in [5, 5.41) is 4.32. The Kier molecular flexibility index (Phi) is 4.02. The van der Waals surface area contributed by atoms with E-state index in [1.165, 1.54) is 11.3 Å². The number of hydroxylamine groups is 2. The first-order chi connectivity index (χ1) is 12.2. The highest BCUT2D eigenvalue weighted by Crippen LogP contribution is 2.30. The number of fused-ring (bicyclic) bond motifs is 1. The Bertz CT molecular complexity index is 805. The molecule has 0 unspecified atom stereocenters. The molecular formula is C17H17N5O3. The summed E-state index contributed by atoms with van der Waals surface area (Å²) in [6.07, 6.45) is 4.01. The maximum atomic E-state index is 12.5. The first-order valence-corrected chi connectivity index (χ1v) is 8.11. The predicted octanol–water partition coefficient (Wildman–Crippen LogP) is 1.21. The van der Waals surface area contributed by atoms with Crippen molar-refractivity contribution in [3.05, 3.63) is 47.9 Å². The average Bonchev–Trinajstić information content (AvgIpc) is 3.19. The molecule has 8 heteroatoms. The van der Waals surface area contributed by atoms with Crippen molar-refractivity contribution in [3.63, 3.8) is 0 Å². The van der Waals surface area contributed by atoms with Crippen molar-refractivity contribution in [1.82, 2.24) is 15.0 Å². The second kappa shape index (κ2) is 6.48. The van der Waals surface area contributed by atoms with Gasteiger partial charge in [0.15, 0.2) is 5.82 Å². The van der Waals surface area contributed by atoms with Gasteiger partial charge in [-0.2, -0.15) is 0 Å². The van der Waals surface area contributed by atoms with Gasteiger partial charge in [-0.1, -0.05) is 6.07 Å². The number of pyridine rings is 2. The molecule has 25 heavy (non-hydrogen) atoms. The summed E-state index contributed by atoms with van der Waals surface area (Å²) in [4.78, 5) is 40.4. The van der Waals surface area contributed by atoms with E-state index in [0.717, 1.165) is 12.1 Å². The van der Waals surface area contributed by atoms with Gasteiger partial charge in [0, 0.05) is 12.4 Å². The molecule has 0 spiro atoms. The smallest absolute Gasteiger partial charge is 0.279 e. The van der Waals surface area contributed by atoms with Crippen LogP contribution in [0.4, 0.5) is 11.5 Å². The molecule has 2 aliphatic heterocycles. The zero-order valence-electron chi connectivity index (χ0n) is 13.5. The summed E-state index contributed by atoms with van der Waals surface area (Å²) >= 11 is 0. The van der Waals surface area contributed by atoms with Crippen molar-refractivity contribution in [2.45, 2.75) is 13.0 Å². The van der Waals surface area contributed by atoms with Gasteiger partial charge in [0.1, 0.15) is 0 Å². The number of anilines is 2. The number of hydrogen-bond donors (Lipinski definition) is 1. The van der Waals surface area contributed by atoms with Crippen molar-refractivity contribution in [2.24, 2.45) is 0 Å². The SMILES string of the molecule is O=C(c1cnc2c(c1)N(Cc1ccccn1)C(=O)CN2)N1CCCO1. The lowest BCUT2D eigenvalue weighted by atomic mass is 10.1. The summed E-state index contributed by atoms with van der Waals surface area (Å²) in [5.41, 5.74) is 1.73. The average molecular weight is 339 g/mol. The molecule has 4 heterocycles. The third-order valence-electron chi connectivity index (χ3n) is 4.14. The maximum Gasteiger partial charge on any atom is 0.279 e. The van der Waals surface area contributed by atoms with Crippen molar-refractivity contribution in [2.75, 3.05) is 29.9 Å². The van der Waals surface area contributed by atoms with Crippen LogP contribution in [0.25, 0.3) is 0 Å². The van der Waals surface area contributed by atoms with Crippen LogP contribution >= 0.6 is 0 Å². The van der Waals surface area contributed by atoms with Gasteiger partial charge in [0.2, 0.25) is 5.91 Å². The van der Waals surface area contributed by atoms with Crippen LogP contribution in [-0.4, -0.2) is 46.5 Å². The maximum absolute atomic E-state index is 12.5. The summed E-state index contributed by atoms with van der Waals surface area (Å²) in [5.74, 6) is 0.236. The number of nitrogens with zero attached hydrogens (tertiary/aromatic N) is 4. The summed E-state index contributed by atoms with van der Waals surface area (Å²) in [7, 11) is 0. The number of carbonyl (C=O) groups is 2. The molecule has 0 radical (unpaired) electrons. The number of nitrogens with one attached hydrogen (secondary N) is 1. The molecule has 1 saturated heterocycles. The highest BCUT2D eigenvalue weighted by atomic mass is 16.7. The zero-order valence-corrected chi connectivity index (χ0v) is 13.5. The second-order valence-electron chi connectivity index (χ2n) is 5.84. The van der Waals surface area contributed by atoms with Gasteiger partial charge in [0.25, 0.3) is 5.91 Å². The molecule has 0 aliphatic carbocycles. The van der Waals surface area contributed by atoms with Gasteiger partial charge in [-0.25, -0.2) is 10.0 Å². The quantitative estimate of drug-likeness (QED) is 0.904. The predicted molar refractivity (Wildman–Crippen MR) is 89.8 cm³/mol. The lowest BCUT2D eigenvalue weighted by Gasteiger charge is -2.29. The lowest BCUT2D eigenvalue weighted by Crippen LogP contribution is -2.40. The van der Waals surface area contributed by atoms with Gasteiger partial charge in [-0.05, 0) is 24.6 Å². The molecule has 0 saturated carbocycles. The highest BCUT2D eigenvalue weighted by molar-refractivity contribution is 6.03. The van der Waals surface area contributed by atoms with Crippen molar-refractivity contribution < 1.29 is 14.4 Å². The zero-order chi connectivity index (χ0) is 17.2. The molecule has 2 aliphatic rings. The molecule has 4 rings (SSSR count). The van der Waals surface area contributed by atoms with E-state index in [1.54, 1.807) is 17.2 Å². The summed E-state index contributed by atoms with van der Waals surface area (Å²) in [6.45, 7) is 1.59. The van der Waals surface area contributed by atoms with Gasteiger partial charge in [-0.15, -0.1) is 0 Å². The molecule has 8 nitrogen and oxygen atoms in total. The third-order valence-corrected chi connectivity index (χ3v) is 4.14. The van der Waals surface area contributed by atoms with E-state index in [-0.39, 0.29) is 18.4 Å². The first kappa shape index (κ1) is 15.5. The molecule has 0 bridgehead atoms. The minimum Gasteiger partial charge on any atom is -0.359 e. The third kappa shape index (κ3) is 3.03. The fraction of sp³-hybridized carbons (Fsp3) is 0.294. The Morgan fingerprint density at radius 1 is 1.32 bits per heavy atom. The topological polar surface area (TPSA) is 87.7 Å². The van der Waals surface area contributed by atoms with Crippen LogP contribution < -0.4 is 10.2 Å². The van der Waals surface area contributed by atoms with E-state index in [4.69, 9.17) is 4.84 Å². The fourth-order valence-corrected chi connectivity index (χ4v) is 2.88. The highest BCUT2D eigenvalue weighted by Gasteiger charge is 2.28. The van der Waals surface area contributed by atoms with E-state index in [0.29, 0.717) is 36.8 Å². The molecule has 128 valence electrons. The van der Waals surface area contributed by atoms with E-state index in [1.807, 2.05) is 18.2 Å². The van der Waals surface area contributed by atoms with Crippen molar-refractivity contribution in [3.8, 4) is 0 Å². The minimum absolute atomic E-state index is 0.0954. The lowest BCUT2D eigenvalue weighted by molar-refractivity contribution is -0.117. The van der Waals surface area contributed by atoms with Gasteiger partial charge < -0.3 is 10.2 Å². The fourth-order valence-electron chi connectivity index (χ4n) is 2.88. The van der Waals surface area contributed by atoms with Crippen LogP contribution in [0.5, 0.6) is 0 Å². The number of carbonyl (C=O) groups excluding carboxylic acids is 2. The molecule has 0 aromatic carbocycles. The van der Waals surface area contributed by atoms with Gasteiger partial charge in [-0.3, -0.25) is 19.4 Å². The molecule has 2 aromatic heterocycles. The van der Waals surface area contributed by atoms with Crippen LogP contribution in [0.3, 0.4) is 0 Å².